The first-order valence-corrected chi connectivity index (χ1v) is 13.3. The number of hydrogen-bond donors (Lipinski definition) is 3. The van der Waals surface area contributed by atoms with Gasteiger partial charge in [-0.25, -0.2) is 13.8 Å². The van der Waals surface area contributed by atoms with Crippen LogP contribution in [0.1, 0.15) is 20.1 Å². The molecular formula is C22H28ClFN3O10P. The third-order valence-corrected chi connectivity index (χ3v) is 7.34. The van der Waals surface area contributed by atoms with Crippen molar-refractivity contribution in [2.24, 2.45) is 0 Å². The highest BCUT2D eigenvalue weighted by molar-refractivity contribution is 7.52. The molecule has 210 valence electrons. The van der Waals surface area contributed by atoms with Gasteiger partial charge in [-0.15, -0.1) is 0 Å². The van der Waals surface area contributed by atoms with Crippen LogP contribution in [0.4, 0.5) is 4.39 Å². The summed E-state index contributed by atoms with van der Waals surface area (Å²) in [5, 5.41) is 9.88. The first kappa shape index (κ1) is 30.0. The Balaban J connectivity index is 1.78. The van der Waals surface area contributed by atoms with E-state index >= 15 is 4.39 Å². The molecule has 7 atom stereocenters. The van der Waals surface area contributed by atoms with Gasteiger partial charge in [0.25, 0.3) is 10.7 Å². The van der Waals surface area contributed by atoms with E-state index in [1.807, 2.05) is 4.98 Å². The molecular weight excluding hydrogens is 552 g/mol. The van der Waals surface area contributed by atoms with Gasteiger partial charge in [-0.05, 0) is 26.0 Å². The van der Waals surface area contributed by atoms with E-state index < -0.39 is 67.3 Å². The van der Waals surface area contributed by atoms with Crippen LogP contribution >= 0.6 is 19.3 Å². The first-order chi connectivity index (χ1) is 17.9. The predicted octanol–water partition coefficient (Wildman–Crippen LogP) is 1.46. The molecule has 3 N–H and O–H groups in total. The van der Waals surface area contributed by atoms with Crippen molar-refractivity contribution in [2.45, 2.75) is 49.6 Å². The Morgan fingerprint density at radius 1 is 1.32 bits per heavy atom. The van der Waals surface area contributed by atoms with Gasteiger partial charge in [-0.2, -0.15) is 5.09 Å². The van der Waals surface area contributed by atoms with Crippen molar-refractivity contribution in [3.8, 4) is 5.75 Å². The fourth-order valence-electron chi connectivity index (χ4n) is 3.46. The summed E-state index contributed by atoms with van der Waals surface area (Å²) in [6, 6.07) is 7.59. The molecule has 13 nitrogen and oxygen atoms in total. The lowest BCUT2D eigenvalue weighted by molar-refractivity contribution is -0.152. The monoisotopic (exact) mass is 579 g/mol. The summed E-state index contributed by atoms with van der Waals surface area (Å²) in [4.78, 5) is 37.8. The summed E-state index contributed by atoms with van der Waals surface area (Å²) in [7, 11) is -2.96. The maximum absolute atomic E-state index is 15.2. The van der Waals surface area contributed by atoms with Crippen LogP contribution in [-0.2, 0) is 28.1 Å². The van der Waals surface area contributed by atoms with Gasteiger partial charge in [0.05, 0.1) is 13.2 Å². The number of esters is 1. The van der Waals surface area contributed by atoms with Crippen molar-refractivity contribution in [2.75, 3.05) is 20.3 Å². The Labute approximate surface area is 221 Å². The summed E-state index contributed by atoms with van der Waals surface area (Å²) in [6.07, 6.45) is -5.11. The van der Waals surface area contributed by atoms with E-state index in [4.69, 9.17) is 34.9 Å². The fourth-order valence-corrected chi connectivity index (χ4v) is 5.26. The highest BCUT2D eigenvalue weighted by Gasteiger charge is 2.58. The molecule has 3 rings (SSSR count). The van der Waals surface area contributed by atoms with Crippen LogP contribution in [0.5, 0.6) is 5.75 Å². The highest BCUT2D eigenvalue weighted by atomic mass is 35.5. The van der Waals surface area contributed by atoms with E-state index in [0.29, 0.717) is 4.57 Å². The molecule has 1 unspecified atom stereocenters. The van der Waals surface area contributed by atoms with Crippen molar-refractivity contribution in [1.29, 1.82) is 0 Å². The molecule has 38 heavy (non-hydrogen) atoms. The lowest BCUT2D eigenvalue weighted by atomic mass is 10.1. The van der Waals surface area contributed by atoms with Gasteiger partial charge in [0.2, 0.25) is 0 Å². The lowest BCUT2D eigenvalue weighted by Gasteiger charge is -2.25. The van der Waals surface area contributed by atoms with Crippen LogP contribution in [0.15, 0.2) is 52.2 Å². The Morgan fingerprint density at radius 2 is 2.00 bits per heavy atom. The van der Waals surface area contributed by atoms with Crippen LogP contribution < -0.4 is 20.9 Å². The van der Waals surface area contributed by atoms with E-state index in [9.17, 15) is 24.1 Å². The van der Waals surface area contributed by atoms with Gasteiger partial charge in [0.15, 0.2) is 6.23 Å². The second-order valence-corrected chi connectivity index (χ2v) is 10.7. The zero-order valence-electron chi connectivity index (χ0n) is 20.6. The molecule has 16 heteroatoms. The summed E-state index contributed by atoms with van der Waals surface area (Å²) < 4.78 is 56.0. The van der Waals surface area contributed by atoms with Gasteiger partial charge < -0.3 is 23.8 Å². The van der Waals surface area contributed by atoms with Crippen LogP contribution in [0, 0.1) is 0 Å². The zero-order chi connectivity index (χ0) is 28.1. The maximum Gasteiger partial charge on any atom is 0.459 e. The largest absolute Gasteiger partial charge is 0.459 e. The van der Waals surface area contributed by atoms with Crippen molar-refractivity contribution < 1.29 is 42.1 Å². The van der Waals surface area contributed by atoms with Crippen LogP contribution in [-0.4, -0.2) is 70.4 Å². The summed E-state index contributed by atoms with van der Waals surface area (Å²) >= 11 is 5.87. The molecule has 2 aromatic rings. The number of aromatic amines is 1. The molecule has 0 amide bonds. The minimum atomic E-state index is -4.39. The van der Waals surface area contributed by atoms with E-state index in [1.165, 1.54) is 26.2 Å². The zero-order valence-corrected chi connectivity index (χ0v) is 22.3. The normalized spacial score (nSPS) is 26.3. The number of halogens is 2. The van der Waals surface area contributed by atoms with Crippen LogP contribution in [0.2, 0.25) is 0 Å². The number of aliphatic hydroxyl groups excluding tert-OH is 1. The SMILES string of the molecule is COC[C@H](C)OC(=O)[C@H](C)NP(=O)(OC[C@H]1O[C@@H](n2ccc(=O)[nH]c2=O)[C@@](F)(Cl)[C@@H]1O)Oc1ccccc1. The smallest absolute Gasteiger partial charge is 0.459 e. The Kier molecular flexibility index (Phi) is 9.87. The fraction of sp³-hybridized carbons (Fsp3) is 0.500. The minimum Gasteiger partial charge on any atom is -0.459 e. The van der Waals surface area contributed by atoms with Crippen molar-refractivity contribution in [3.05, 3.63) is 63.4 Å². The third kappa shape index (κ3) is 7.29. The topological polar surface area (TPSA) is 167 Å². The molecule has 1 aromatic heterocycles. The Bertz CT molecular complexity index is 1260. The second-order valence-electron chi connectivity index (χ2n) is 8.41. The number of rotatable bonds is 12. The van der Waals surface area contributed by atoms with Crippen LogP contribution in [0.3, 0.4) is 0 Å². The van der Waals surface area contributed by atoms with Crippen LogP contribution in [0.25, 0.3) is 0 Å². The van der Waals surface area contributed by atoms with Crippen molar-refractivity contribution in [3.63, 3.8) is 0 Å². The van der Waals surface area contributed by atoms with E-state index in [2.05, 4.69) is 5.09 Å². The quantitative estimate of drug-likeness (QED) is 0.189. The average molecular weight is 580 g/mol. The van der Waals surface area contributed by atoms with Gasteiger partial charge in [0.1, 0.15) is 30.1 Å². The van der Waals surface area contributed by atoms with E-state index in [0.717, 1.165) is 12.3 Å². The molecule has 1 saturated heterocycles. The molecule has 1 aliphatic heterocycles. The van der Waals surface area contributed by atoms with Gasteiger partial charge in [0, 0.05) is 19.4 Å². The van der Waals surface area contributed by atoms with E-state index in [-0.39, 0.29) is 12.4 Å². The Hall–Kier alpha value is -2.58. The van der Waals surface area contributed by atoms with Gasteiger partial charge in [-0.3, -0.25) is 23.7 Å². The van der Waals surface area contributed by atoms with Crippen molar-refractivity contribution >= 4 is 25.3 Å². The summed E-state index contributed by atoms with van der Waals surface area (Å²) in [5.41, 5.74) is -1.77. The van der Waals surface area contributed by atoms with Crippen molar-refractivity contribution in [1.82, 2.24) is 14.6 Å². The predicted molar refractivity (Wildman–Crippen MR) is 132 cm³/mol. The number of ether oxygens (including phenoxy) is 3. The molecule has 1 aromatic carbocycles. The molecule has 0 spiro atoms. The average Bonchev–Trinajstić information content (AvgIpc) is 3.07. The second kappa shape index (κ2) is 12.5. The Morgan fingerprint density at radius 3 is 2.63 bits per heavy atom. The number of nitrogens with zero attached hydrogens (tertiary/aromatic N) is 1. The number of benzene rings is 1. The molecule has 2 heterocycles. The van der Waals surface area contributed by atoms with Gasteiger partial charge in [-0.1, -0.05) is 29.8 Å². The van der Waals surface area contributed by atoms with E-state index in [1.54, 1.807) is 25.1 Å². The summed E-state index contributed by atoms with van der Waals surface area (Å²) in [6.45, 7) is 2.35. The number of alkyl halides is 2. The number of methoxy groups -OCH3 is 1. The highest BCUT2D eigenvalue weighted by Crippen LogP contribution is 2.48. The number of aromatic nitrogens is 2. The van der Waals surface area contributed by atoms with Gasteiger partial charge >= 0.3 is 19.4 Å². The maximum atomic E-state index is 15.2. The number of carbonyl (C=O) groups excluding carboxylic acids is 1. The molecule has 1 aliphatic rings. The number of aliphatic hydroxyl groups is 1. The lowest BCUT2D eigenvalue weighted by Crippen LogP contribution is -2.42. The third-order valence-electron chi connectivity index (χ3n) is 5.28. The molecule has 0 radical (unpaired) electrons. The molecule has 0 bridgehead atoms. The number of para-hydroxylation sites is 1. The minimum absolute atomic E-state index is 0.111. The number of carbonyl (C=O) groups is 1. The first-order valence-electron chi connectivity index (χ1n) is 11.4. The molecule has 0 saturated carbocycles. The number of hydrogen-bond acceptors (Lipinski definition) is 10. The molecule has 0 aliphatic carbocycles. The summed E-state index contributed by atoms with van der Waals surface area (Å²) in [5.74, 6) is -0.673. The number of H-pyrrole nitrogens is 1. The number of nitrogens with one attached hydrogen (secondary N) is 2. The molecule has 1 fully saturated rings. The standard InChI is InChI=1S/C22H28ClFN3O10P/c1-13(11-33-3)35-19(30)14(2)26-38(32,37-15-7-5-4-6-8-15)34-12-16-18(29)22(23,24)20(36-16)27-10-9-17(28)25-21(27)31/h4-10,13-14,16,18,20,29H,11-12H2,1-3H3,(H,26,32)(H,25,28,31)/t13-,14-,16+,18+,20+,22+,38?/m0/s1.